The maximum Gasteiger partial charge on any atom is 0.326 e. The molecule has 1 aromatic heterocycles. The quantitative estimate of drug-likeness (QED) is 0.892. The summed E-state index contributed by atoms with van der Waals surface area (Å²) >= 11 is 0. The summed E-state index contributed by atoms with van der Waals surface area (Å²) in [6.45, 7) is 0. The average molecular weight is 271 g/mol. The number of aromatic nitrogens is 1. The highest BCUT2D eigenvalue weighted by atomic mass is 16.4. The van der Waals surface area contributed by atoms with E-state index in [0.29, 0.717) is 17.7 Å². The lowest BCUT2D eigenvalue weighted by Gasteiger charge is -2.34. The third kappa shape index (κ3) is 2.11. The van der Waals surface area contributed by atoms with Gasteiger partial charge >= 0.3 is 5.97 Å². The summed E-state index contributed by atoms with van der Waals surface area (Å²) in [4.78, 5) is 17.6. The van der Waals surface area contributed by atoms with Crippen molar-refractivity contribution in [2.45, 2.75) is 44.2 Å². The van der Waals surface area contributed by atoms with Gasteiger partial charge in [0.1, 0.15) is 17.8 Å². The van der Waals surface area contributed by atoms with Crippen LogP contribution in [-0.2, 0) is 4.79 Å². The molecule has 1 aliphatic carbocycles. The number of rotatable bonds is 2. The Hall–Kier alpha value is -2.09. The lowest BCUT2D eigenvalue weighted by atomic mass is 9.84. The molecule has 1 saturated carbocycles. The van der Waals surface area contributed by atoms with Crippen LogP contribution >= 0.6 is 0 Å². The second kappa shape index (κ2) is 5.12. The van der Waals surface area contributed by atoms with E-state index in [2.05, 4.69) is 4.98 Å². The summed E-state index contributed by atoms with van der Waals surface area (Å²) in [7, 11) is 0. The van der Waals surface area contributed by atoms with E-state index in [0.717, 1.165) is 31.4 Å². The zero-order valence-electron chi connectivity index (χ0n) is 11.2. The Morgan fingerprint density at radius 2 is 2.20 bits per heavy atom. The van der Waals surface area contributed by atoms with Gasteiger partial charge in [0, 0.05) is 6.04 Å². The lowest BCUT2D eigenvalue weighted by Crippen LogP contribution is -2.42. The number of hydrogen-bond donors (Lipinski definition) is 1. The van der Waals surface area contributed by atoms with Gasteiger partial charge in [-0.05, 0) is 37.3 Å². The van der Waals surface area contributed by atoms with Crippen LogP contribution in [0.25, 0.3) is 0 Å². The van der Waals surface area contributed by atoms with Gasteiger partial charge in [-0.2, -0.15) is 5.26 Å². The fraction of sp³-hybridized carbons (Fsp3) is 0.533. The maximum absolute atomic E-state index is 11.5. The fourth-order valence-electron chi connectivity index (χ4n) is 3.66. The summed E-state index contributed by atoms with van der Waals surface area (Å²) in [6.07, 6.45) is 6.88. The maximum atomic E-state index is 11.5. The van der Waals surface area contributed by atoms with E-state index in [1.165, 1.54) is 6.42 Å². The van der Waals surface area contributed by atoms with Gasteiger partial charge in [-0.15, -0.1) is 0 Å². The SMILES string of the molecule is N#Cc1ccc(N2C(C(=O)O)CC3CCCCC32)cn1. The first-order valence-electron chi connectivity index (χ1n) is 7.08. The van der Waals surface area contributed by atoms with E-state index in [9.17, 15) is 9.90 Å². The van der Waals surface area contributed by atoms with Crippen LogP contribution in [0.2, 0.25) is 0 Å². The largest absolute Gasteiger partial charge is 0.480 e. The number of carboxylic acids is 1. The van der Waals surface area contributed by atoms with Crippen LogP contribution in [0.3, 0.4) is 0 Å². The molecule has 0 amide bonds. The topological polar surface area (TPSA) is 77.2 Å². The predicted molar refractivity (Wildman–Crippen MR) is 73.2 cm³/mol. The molecule has 0 aromatic carbocycles. The second-order valence-corrected chi connectivity index (χ2v) is 5.62. The summed E-state index contributed by atoms with van der Waals surface area (Å²) < 4.78 is 0. The molecule has 20 heavy (non-hydrogen) atoms. The van der Waals surface area contributed by atoms with E-state index >= 15 is 0 Å². The predicted octanol–water partition coefficient (Wildman–Crippen LogP) is 2.18. The normalized spacial score (nSPS) is 28.8. The van der Waals surface area contributed by atoms with Crippen molar-refractivity contribution >= 4 is 11.7 Å². The van der Waals surface area contributed by atoms with E-state index in [1.807, 2.05) is 17.0 Å². The van der Waals surface area contributed by atoms with E-state index in [4.69, 9.17) is 5.26 Å². The summed E-state index contributed by atoms with van der Waals surface area (Å²) in [5, 5.41) is 18.3. The average Bonchev–Trinajstić information content (AvgIpc) is 2.87. The highest BCUT2D eigenvalue weighted by Gasteiger charge is 2.45. The molecular weight excluding hydrogens is 254 g/mol. The van der Waals surface area contributed by atoms with Crippen molar-refractivity contribution in [1.29, 1.82) is 5.26 Å². The van der Waals surface area contributed by atoms with Crippen molar-refractivity contribution in [3.63, 3.8) is 0 Å². The van der Waals surface area contributed by atoms with Crippen LogP contribution in [0, 0.1) is 17.2 Å². The molecule has 5 nitrogen and oxygen atoms in total. The Kier molecular flexibility index (Phi) is 3.31. The minimum atomic E-state index is -0.760. The first-order chi connectivity index (χ1) is 9.70. The van der Waals surface area contributed by atoms with Crippen LogP contribution in [-0.4, -0.2) is 28.1 Å². The number of hydrogen-bond acceptors (Lipinski definition) is 4. The van der Waals surface area contributed by atoms with Crippen LogP contribution < -0.4 is 4.90 Å². The number of fused-ring (bicyclic) bond motifs is 1. The number of anilines is 1. The molecule has 0 bridgehead atoms. The highest BCUT2D eigenvalue weighted by molar-refractivity contribution is 5.79. The van der Waals surface area contributed by atoms with Crippen molar-refractivity contribution in [3.05, 3.63) is 24.0 Å². The molecule has 3 rings (SSSR count). The smallest absolute Gasteiger partial charge is 0.326 e. The van der Waals surface area contributed by atoms with Crippen molar-refractivity contribution in [2.75, 3.05) is 4.90 Å². The van der Waals surface area contributed by atoms with Crippen LogP contribution in [0.1, 0.15) is 37.8 Å². The Labute approximate surface area is 117 Å². The summed E-state index contributed by atoms with van der Waals surface area (Å²) in [6, 6.07) is 5.31. The van der Waals surface area contributed by atoms with E-state index in [-0.39, 0.29) is 0 Å². The zero-order valence-corrected chi connectivity index (χ0v) is 11.2. The monoisotopic (exact) mass is 271 g/mol. The van der Waals surface area contributed by atoms with Gasteiger partial charge in [0.05, 0.1) is 11.9 Å². The van der Waals surface area contributed by atoms with Gasteiger partial charge in [0.15, 0.2) is 0 Å². The van der Waals surface area contributed by atoms with Gasteiger partial charge in [-0.1, -0.05) is 12.8 Å². The lowest BCUT2D eigenvalue weighted by molar-refractivity contribution is -0.138. The fourth-order valence-corrected chi connectivity index (χ4v) is 3.66. The molecule has 1 N–H and O–H groups in total. The second-order valence-electron chi connectivity index (χ2n) is 5.62. The molecule has 2 fully saturated rings. The molecule has 104 valence electrons. The van der Waals surface area contributed by atoms with Gasteiger partial charge in [0.2, 0.25) is 0 Å². The van der Waals surface area contributed by atoms with Crippen molar-refractivity contribution in [1.82, 2.24) is 4.98 Å². The van der Waals surface area contributed by atoms with Crippen LogP contribution in [0.4, 0.5) is 5.69 Å². The summed E-state index contributed by atoms with van der Waals surface area (Å²) in [5.74, 6) is -0.288. The highest BCUT2D eigenvalue weighted by Crippen LogP contribution is 2.42. The van der Waals surface area contributed by atoms with Crippen molar-refractivity contribution < 1.29 is 9.90 Å². The molecule has 3 unspecified atom stereocenters. The van der Waals surface area contributed by atoms with Gasteiger partial charge in [0.25, 0.3) is 0 Å². The molecule has 3 atom stereocenters. The Morgan fingerprint density at radius 3 is 2.85 bits per heavy atom. The Balaban J connectivity index is 1.94. The minimum Gasteiger partial charge on any atom is -0.480 e. The molecule has 1 aliphatic heterocycles. The van der Waals surface area contributed by atoms with Gasteiger partial charge in [-0.25, -0.2) is 9.78 Å². The Morgan fingerprint density at radius 1 is 1.40 bits per heavy atom. The number of pyridine rings is 1. The van der Waals surface area contributed by atoms with Gasteiger partial charge < -0.3 is 10.0 Å². The number of aliphatic carboxylic acids is 1. The Bertz CT molecular complexity index is 549. The first kappa shape index (κ1) is 12.9. The molecule has 0 spiro atoms. The molecule has 5 heteroatoms. The third-order valence-corrected chi connectivity index (χ3v) is 4.53. The summed E-state index contributed by atoms with van der Waals surface area (Å²) in [5.41, 5.74) is 1.19. The molecule has 0 radical (unpaired) electrons. The minimum absolute atomic E-state index is 0.305. The number of nitriles is 1. The van der Waals surface area contributed by atoms with Crippen LogP contribution in [0.5, 0.6) is 0 Å². The number of carboxylic acid groups (broad SMARTS) is 1. The molecule has 1 aromatic rings. The molecular formula is C15H17N3O2. The molecule has 2 aliphatic rings. The number of nitrogens with zero attached hydrogens (tertiary/aromatic N) is 3. The van der Waals surface area contributed by atoms with Crippen LogP contribution in [0.15, 0.2) is 18.3 Å². The molecule has 1 saturated heterocycles. The van der Waals surface area contributed by atoms with Gasteiger partial charge in [-0.3, -0.25) is 0 Å². The third-order valence-electron chi connectivity index (χ3n) is 4.53. The van der Waals surface area contributed by atoms with Crippen molar-refractivity contribution in [2.24, 2.45) is 5.92 Å². The van der Waals surface area contributed by atoms with Crippen molar-refractivity contribution in [3.8, 4) is 6.07 Å². The molecule has 2 heterocycles. The first-order valence-corrected chi connectivity index (χ1v) is 7.08. The number of carbonyl (C=O) groups is 1. The standard InChI is InChI=1S/C15H17N3O2/c16-8-11-5-6-12(9-17-11)18-13-4-2-1-3-10(13)7-14(18)15(19)20/h5-6,9-10,13-14H,1-4,7H2,(H,19,20). The van der Waals surface area contributed by atoms with E-state index < -0.39 is 12.0 Å². The van der Waals surface area contributed by atoms with E-state index in [1.54, 1.807) is 12.3 Å². The zero-order chi connectivity index (χ0) is 14.1.